The van der Waals surface area contributed by atoms with Crippen LogP contribution in [0.4, 0.5) is 0 Å². The lowest BCUT2D eigenvalue weighted by Crippen LogP contribution is -2.74. The molecule has 0 aliphatic rings. The van der Waals surface area contributed by atoms with Crippen molar-refractivity contribution in [3.63, 3.8) is 0 Å². The summed E-state index contributed by atoms with van der Waals surface area (Å²) in [6, 6.07) is 131. The van der Waals surface area contributed by atoms with Gasteiger partial charge in [0, 0.05) is 43.8 Å². The number of aromatic nitrogens is 2. The molecule has 0 radical (unpaired) electrons. The van der Waals surface area contributed by atoms with Gasteiger partial charge in [0.05, 0.1) is 33.4 Å². The lowest BCUT2D eigenvalue weighted by molar-refractivity contribution is 1.18. The van der Waals surface area contributed by atoms with Crippen molar-refractivity contribution in [1.29, 1.82) is 0 Å². The second-order valence-corrected chi connectivity index (χ2v) is 26.5. The van der Waals surface area contributed by atoms with Gasteiger partial charge in [-0.3, -0.25) is 0 Å². The Morgan fingerprint density at radius 1 is 0.172 bits per heavy atom. The number of benzene rings is 14. The fraction of sp³-hybridized carbons (Fsp3) is 0. The van der Waals surface area contributed by atoms with E-state index in [1.54, 1.807) is 0 Å². The van der Waals surface area contributed by atoms with E-state index in [1.165, 1.54) is 115 Å². The Kier molecular flexibility index (Phi) is 12.9. The average Bonchev–Trinajstić information content (AvgIpc) is 1.79. The summed E-state index contributed by atoms with van der Waals surface area (Å²) < 4.78 is 5.07. The van der Waals surface area contributed by atoms with Crippen molar-refractivity contribution in [1.82, 2.24) is 9.13 Å². The molecule has 0 amide bonds. The zero-order valence-electron chi connectivity index (χ0n) is 47.9. The smallest absolute Gasteiger partial charge is 0.179 e. The van der Waals surface area contributed by atoms with Gasteiger partial charge < -0.3 is 9.13 Å². The maximum absolute atomic E-state index is 3.16. The lowest BCUT2D eigenvalue weighted by atomic mass is 9.95. The van der Waals surface area contributed by atoms with E-state index in [0.717, 1.165) is 27.8 Å². The van der Waals surface area contributed by atoms with Crippen LogP contribution in [0.5, 0.6) is 0 Å². The number of fused-ring (bicyclic) bond motifs is 6. The second-order valence-electron chi connectivity index (χ2n) is 22.7. The fourth-order valence-corrected chi connectivity index (χ4v) is 18.8. The lowest BCUT2D eigenvalue weighted by Gasteiger charge is -2.36. The molecule has 0 aliphatic heterocycles. The molecule has 87 heavy (non-hydrogen) atoms. The molecular weight excluding hydrogens is 1070 g/mol. The van der Waals surface area contributed by atoms with Crippen LogP contribution in [0.3, 0.4) is 0 Å². The van der Waals surface area contributed by atoms with Crippen LogP contribution in [0.25, 0.3) is 122 Å². The summed E-state index contributed by atoms with van der Waals surface area (Å²) in [5.74, 6) is 0. The maximum atomic E-state index is 2.57. The van der Waals surface area contributed by atoms with Crippen molar-refractivity contribution in [3.05, 3.63) is 352 Å². The topological polar surface area (TPSA) is 9.86 Å². The summed E-state index contributed by atoms with van der Waals surface area (Å²) in [6.45, 7) is 0. The Labute approximate surface area is 508 Å². The van der Waals surface area contributed by atoms with E-state index in [0.29, 0.717) is 0 Å². The molecule has 16 rings (SSSR count). The Morgan fingerprint density at radius 2 is 0.483 bits per heavy atom. The van der Waals surface area contributed by atoms with Gasteiger partial charge in [0.2, 0.25) is 0 Å². The van der Waals surface area contributed by atoms with E-state index in [9.17, 15) is 0 Å². The third-order valence-electron chi connectivity index (χ3n) is 17.9. The highest BCUT2D eigenvalue weighted by atomic mass is 28.3. The van der Waals surface area contributed by atoms with Crippen LogP contribution in [0, 0.1) is 0 Å². The molecule has 408 valence electrons. The highest BCUT2D eigenvalue weighted by Crippen LogP contribution is 2.45. The van der Waals surface area contributed by atoms with Gasteiger partial charge in [-0.15, -0.1) is 0 Å². The van der Waals surface area contributed by atoms with Crippen LogP contribution in [-0.4, -0.2) is 17.2 Å². The normalized spacial score (nSPS) is 11.7. The van der Waals surface area contributed by atoms with Gasteiger partial charge in [0.25, 0.3) is 0 Å². The quantitative estimate of drug-likeness (QED) is 0.0852. The van der Waals surface area contributed by atoms with E-state index in [2.05, 4.69) is 361 Å². The molecule has 16 aromatic rings. The maximum Gasteiger partial charge on any atom is 0.179 e. The first-order valence-electron chi connectivity index (χ1n) is 30.1. The van der Waals surface area contributed by atoms with Crippen LogP contribution in [0.1, 0.15) is 0 Å². The second kappa shape index (κ2) is 21.8. The van der Waals surface area contributed by atoms with Gasteiger partial charge in [-0.05, 0) is 102 Å². The van der Waals surface area contributed by atoms with Gasteiger partial charge in [-0.1, -0.05) is 315 Å². The van der Waals surface area contributed by atoms with Crippen molar-refractivity contribution in [2.75, 3.05) is 0 Å². The molecule has 0 spiro atoms. The molecule has 0 aliphatic carbocycles. The Morgan fingerprint density at radius 3 is 0.920 bits per heavy atom. The number of rotatable bonds is 12. The van der Waals surface area contributed by atoms with Crippen molar-refractivity contribution in [2.45, 2.75) is 0 Å². The van der Waals surface area contributed by atoms with Gasteiger partial charge in [-0.25, -0.2) is 0 Å². The van der Waals surface area contributed by atoms with Gasteiger partial charge in [0.1, 0.15) is 0 Å². The summed E-state index contributed by atoms with van der Waals surface area (Å²) in [5, 5.41) is 10.1. The third-order valence-corrected chi connectivity index (χ3v) is 22.6. The molecule has 0 saturated carbocycles. The van der Waals surface area contributed by atoms with Crippen LogP contribution in [-0.2, 0) is 0 Å². The Hall–Kier alpha value is -11.1. The van der Waals surface area contributed by atoms with E-state index in [4.69, 9.17) is 0 Å². The molecule has 2 aromatic heterocycles. The highest BCUT2D eigenvalue weighted by molar-refractivity contribution is 7.20. The van der Waals surface area contributed by atoms with Crippen molar-refractivity contribution < 1.29 is 0 Å². The first-order chi connectivity index (χ1) is 43.2. The highest BCUT2D eigenvalue weighted by Gasteiger charge is 2.43. The van der Waals surface area contributed by atoms with Gasteiger partial charge in [0.15, 0.2) is 8.07 Å². The van der Waals surface area contributed by atoms with E-state index in [1.807, 2.05) is 0 Å². The molecular formula is C84H58N2Si. The first-order valence-corrected chi connectivity index (χ1v) is 32.1. The minimum atomic E-state index is -3.16. The zero-order valence-corrected chi connectivity index (χ0v) is 48.9. The molecule has 0 unspecified atom stereocenters. The molecule has 2 nitrogen and oxygen atoms in total. The summed E-state index contributed by atoms with van der Waals surface area (Å²) in [7, 11) is -3.16. The van der Waals surface area contributed by atoms with Crippen molar-refractivity contribution in [2.24, 2.45) is 0 Å². The van der Waals surface area contributed by atoms with E-state index < -0.39 is 8.07 Å². The third kappa shape index (κ3) is 8.78. The van der Waals surface area contributed by atoms with Crippen LogP contribution in [0.2, 0.25) is 0 Å². The molecule has 0 saturated heterocycles. The molecule has 14 aromatic carbocycles. The minimum absolute atomic E-state index is 1.15. The number of para-hydroxylation sites is 3. The molecule has 0 fully saturated rings. The standard InChI is InChI=1S/C84H58N2Si/c1-8-28-59(29-9-1)64-38-26-43-69(54-64)87(67-39-18-6-19-40-67,68-41-20-7-21-42-68)70-57-75(62-34-14-4-15-35-62)84(76(58-70)63-36-16-5-17-37-63)86-80-49-25-23-45-74(80)78-56-66(51-53-82(78)86)65-50-52-81-77(55-65)73-44-22-24-48-79(73)85(81)83-71(60-30-10-2-11-31-60)46-27-47-72(83)61-32-12-3-13-33-61/h1-58H. The van der Waals surface area contributed by atoms with Gasteiger partial charge in [-0.2, -0.15) is 0 Å². The molecule has 0 N–H and O–H groups in total. The number of hydrogen-bond acceptors (Lipinski definition) is 0. The fourth-order valence-electron chi connectivity index (χ4n) is 14.0. The summed E-state index contributed by atoms with van der Waals surface area (Å²) >= 11 is 0. The Bertz CT molecular complexity index is 5010. The average molecular weight is 1120 g/mol. The largest absolute Gasteiger partial charge is 0.308 e. The Balaban J connectivity index is 0.937. The molecule has 0 atom stereocenters. The minimum Gasteiger partial charge on any atom is -0.308 e. The van der Waals surface area contributed by atoms with Crippen LogP contribution >= 0.6 is 0 Å². The predicted molar refractivity (Wildman–Crippen MR) is 371 cm³/mol. The zero-order chi connectivity index (χ0) is 57.7. The first kappa shape index (κ1) is 51.5. The van der Waals surface area contributed by atoms with Crippen LogP contribution < -0.4 is 20.7 Å². The number of nitrogens with zero attached hydrogens (tertiary/aromatic N) is 2. The number of hydrogen-bond donors (Lipinski definition) is 0. The summed E-state index contributed by atoms with van der Waals surface area (Å²) in [4.78, 5) is 0. The van der Waals surface area contributed by atoms with Crippen LogP contribution in [0.15, 0.2) is 352 Å². The predicted octanol–water partition coefficient (Wildman–Crippen LogP) is 19.3. The SMILES string of the molecule is c1ccc(-c2cccc([Si](c3ccccc3)(c3ccccc3)c3cc(-c4ccccc4)c(-n4c5ccccc5c5cc(-c6ccc7c(c6)c6ccccc6n7-c6c(-c7ccccc7)cccc6-c6ccccc6)ccc54)c(-c4ccccc4)c3)c2)cc1. The van der Waals surface area contributed by atoms with Crippen molar-refractivity contribution in [3.8, 4) is 78.1 Å². The molecule has 0 bridgehead atoms. The van der Waals surface area contributed by atoms with Gasteiger partial charge >= 0.3 is 0 Å². The monoisotopic (exact) mass is 1120 g/mol. The van der Waals surface area contributed by atoms with Crippen molar-refractivity contribution >= 4 is 72.4 Å². The molecule has 2 heterocycles. The summed E-state index contributed by atoms with van der Waals surface area (Å²) in [5.41, 5.74) is 21.1. The van der Waals surface area contributed by atoms with E-state index in [-0.39, 0.29) is 0 Å². The molecule has 3 heteroatoms. The summed E-state index contributed by atoms with van der Waals surface area (Å²) in [6.07, 6.45) is 0. The van der Waals surface area contributed by atoms with E-state index >= 15 is 0 Å².